The van der Waals surface area contributed by atoms with E-state index < -0.39 is 0 Å². The van der Waals surface area contributed by atoms with Gasteiger partial charge in [-0.2, -0.15) is 0 Å². The van der Waals surface area contributed by atoms with Crippen molar-refractivity contribution in [2.24, 2.45) is 0 Å². The number of nitrogens with zero attached hydrogens (tertiary/aromatic N) is 2. The molecule has 126 valence electrons. The molecule has 3 aromatic rings. The number of aromatic nitrogens is 2. The minimum Gasteiger partial charge on any atom is -0.489 e. The summed E-state index contributed by atoms with van der Waals surface area (Å²) in [5, 5.41) is 4.60. The minimum atomic E-state index is 0.123. The first kappa shape index (κ1) is 16.7. The highest BCUT2D eigenvalue weighted by molar-refractivity contribution is 7.18. The molecule has 0 unspecified atom stereocenters. The Hall–Kier alpha value is -2.14. The molecule has 0 bridgehead atoms. The van der Waals surface area contributed by atoms with Crippen molar-refractivity contribution in [2.75, 3.05) is 5.32 Å². The number of fused-ring (bicyclic) bond motifs is 1. The van der Waals surface area contributed by atoms with Crippen LogP contribution in [0.25, 0.3) is 10.2 Å². The maximum absolute atomic E-state index is 5.91. The van der Waals surface area contributed by atoms with Gasteiger partial charge in [-0.15, -0.1) is 11.3 Å². The summed E-state index contributed by atoms with van der Waals surface area (Å²) in [4.78, 5) is 11.3. The van der Waals surface area contributed by atoms with Crippen molar-refractivity contribution in [3.05, 3.63) is 41.0 Å². The number of anilines is 2. The molecule has 0 aliphatic heterocycles. The Bertz CT molecular complexity index is 842. The fourth-order valence-electron chi connectivity index (χ4n) is 2.80. The van der Waals surface area contributed by atoms with E-state index in [9.17, 15) is 0 Å². The number of benzene rings is 1. The topological polar surface area (TPSA) is 47.0 Å². The minimum absolute atomic E-state index is 0.123. The molecule has 2 heterocycles. The molecular formula is C19H23N3OS. The number of aryl methyl sites for hydroxylation is 2. The molecule has 5 heteroatoms. The molecule has 0 spiro atoms. The molecule has 0 aliphatic carbocycles. The van der Waals surface area contributed by atoms with E-state index in [2.05, 4.69) is 29.1 Å². The molecule has 4 nitrogen and oxygen atoms in total. The number of rotatable bonds is 6. The van der Waals surface area contributed by atoms with Crippen LogP contribution in [-0.2, 0) is 6.42 Å². The Morgan fingerprint density at radius 2 is 2.00 bits per heavy atom. The molecular weight excluding hydrogens is 318 g/mol. The van der Waals surface area contributed by atoms with E-state index in [-0.39, 0.29) is 6.10 Å². The van der Waals surface area contributed by atoms with Gasteiger partial charge in [0, 0.05) is 4.88 Å². The van der Waals surface area contributed by atoms with Gasteiger partial charge in [0.2, 0.25) is 0 Å². The van der Waals surface area contributed by atoms with Crippen LogP contribution in [0.3, 0.4) is 0 Å². The lowest BCUT2D eigenvalue weighted by molar-refractivity contribution is 0.244. The molecule has 3 rings (SSSR count). The number of hydrogen-bond donors (Lipinski definition) is 1. The number of thiophene rings is 1. The van der Waals surface area contributed by atoms with Crippen LogP contribution >= 0.6 is 11.3 Å². The van der Waals surface area contributed by atoms with Crippen LogP contribution in [-0.4, -0.2) is 16.1 Å². The monoisotopic (exact) mass is 341 g/mol. The van der Waals surface area contributed by atoms with Gasteiger partial charge >= 0.3 is 0 Å². The Kier molecular flexibility index (Phi) is 5.00. The molecule has 0 radical (unpaired) electrons. The van der Waals surface area contributed by atoms with E-state index >= 15 is 0 Å². The van der Waals surface area contributed by atoms with Crippen molar-refractivity contribution in [3.63, 3.8) is 0 Å². The standard InChI is InChI=1S/C19H23N3OS/c1-5-8-14-13(4)24-19-17(14)18(20-11-21-19)22-15-9-6-7-10-16(15)23-12(2)3/h6-7,9-12H,5,8H2,1-4H3,(H,20,21,22). The van der Waals surface area contributed by atoms with E-state index in [1.165, 1.54) is 10.4 Å². The van der Waals surface area contributed by atoms with E-state index in [0.717, 1.165) is 40.3 Å². The van der Waals surface area contributed by atoms with Crippen LogP contribution in [0.2, 0.25) is 0 Å². The quantitative estimate of drug-likeness (QED) is 0.644. The second-order valence-electron chi connectivity index (χ2n) is 6.08. The third-order valence-electron chi connectivity index (χ3n) is 3.79. The van der Waals surface area contributed by atoms with Crippen LogP contribution in [0.4, 0.5) is 11.5 Å². The van der Waals surface area contributed by atoms with Gasteiger partial charge in [-0.1, -0.05) is 25.5 Å². The van der Waals surface area contributed by atoms with E-state index in [4.69, 9.17) is 4.74 Å². The molecule has 24 heavy (non-hydrogen) atoms. The van der Waals surface area contributed by atoms with Gasteiger partial charge in [0.05, 0.1) is 17.2 Å². The first-order valence-electron chi connectivity index (χ1n) is 8.35. The second-order valence-corrected chi connectivity index (χ2v) is 7.28. The molecule has 0 saturated heterocycles. The van der Waals surface area contributed by atoms with Crippen LogP contribution in [0.15, 0.2) is 30.6 Å². The van der Waals surface area contributed by atoms with Gasteiger partial charge in [0.15, 0.2) is 0 Å². The third-order valence-corrected chi connectivity index (χ3v) is 4.85. The number of hydrogen-bond acceptors (Lipinski definition) is 5. The summed E-state index contributed by atoms with van der Waals surface area (Å²) in [7, 11) is 0. The van der Waals surface area contributed by atoms with Gasteiger partial charge in [-0.25, -0.2) is 9.97 Å². The van der Waals surface area contributed by atoms with Crippen molar-refractivity contribution in [3.8, 4) is 5.75 Å². The van der Waals surface area contributed by atoms with Crippen molar-refractivity contribution in [1.29, 1.82) is 0 Å². The predicted molar refractivity (Wildman–Crippen MR) is 102 cm³/mol. The Balaban J connectivity index is 2.05. The first-order valence-corrected chi connectivity index (χ1v) is 9.17. The number of para-hydroxylation sites is 2. The second kappa shape index (κ2) is 7.18. The molecule has 0 amide bonds. The fourth-order valence-corrected chi connectivity index (χ4v) is 3.84. The first-order chi connectivity index (χ1) is 11.6. The van der Waals surface area contributed by atoms with Gasteiger partial charge in [-0.05, 0) is 44.9 Å². The van der Waals surface area contributed by atoms with Crippen LogP contribution in [0.5, 0.6) is 5.75 Å². The van der Waals surface area contributed by atoms with Gasteiger partial charge < -0.3 is 10.1 Å². The molecule has 2 aromatic heterocycles. The van der Waals surface area contributed by atoms with Crippen LogP contribution < -0.4 is 10.1 Å². The molecule has 1 aromatic carbocycles. The number of nitrogens with one attached hydrogen (secondary N) is 1. The van der Waals surface area contributed by atoms with Crippen molar-refractivity contribution in [1.82, 2.24) is 9.97 Å². The SMILES string of the molecule is CCCc1c(C)sc2ncnc(Nc3ccccc3OC(C)C)c12. The smallest absolute Gasteiger partial charge is 0.143 e. The zero-order valence-corrected chi connectivity index (χ0v) is 15.4. The van der Waals surface area contributed by atoms with Crippen LogP contribution in [0.1, 0.15) is 37.6 Å². The van der Waals surface area contributed by atoms with Gasteiger partial charge in [0.1, 0.15) is 22.7 Å². The van der Waals surface area contributed by atoms with Crippen molar-refractivity contribution < 1.29 is 4.74 Å². The van der Waals surface area contributed by atoms with Crippen molar-refractivity contribution >= 4 is 33.1 Å². The summed E-state index contributed by atoms with van der Waals surface area (Å²) in [6, 6.07) is 7.98. The lowest BCUT2D eigenvalue weighted by Gasteiger charge is -2.15. The molecule has 0 atom stereocenters. The summed E-state index contributed by atoms with van der Waals surface area (Å²) >= 11 is 1.74. The average Bonchev–Trinajstić information content (AvgIpc) is 2.86. The average molecular weight is 341 g/mol. The lowest BCUT2D eigenvalue weighted by atomic mass is 10.1. The molecule has 0 fully saturated rings. The fraction of sp³-hybridized carbons (Fsp3) is 0.368. The van der Waals surface area contributed by atoms with E-state index in [1.807, 2.05) is 38.1 Å². The lowest BCUT2D eigenvalue weighted by Crippen LogP contribution is -2.07. The summed E-state index contributed by atoms with van der Waals surface area (Å²) in [6.07, 6.45) is 3.89. The number of ether oxygens (including phenoxy) is 1. The van der Waals surface area contributed by atoms with Gasteiger partial charge in [0.25, 0.3) is 0 Å². The molecule has 0 saturated carbocycles. The van der Waals surface area contributed by atoms with Crippen LogP contribution in [0, 0.1) is 6.92 Å². The molecule has 1 N–H and O–H groups in total. The summed E-state index contributed by atoms with van der Waals surface area (Å²) in [5.41, 5.74) is 2.28. The third kappa shape index (κ3) is 3.36. The zero-order chi connectivity index (χ0) is 17.1. The largest absolute Gasteiger partial charge is 0.489 e. The highest BCUT2D eigenvalue weighted by Crippen LogP contribution is 2.36. The van der Waals surface area contributed by atoms with Crippen molar-refractivity contribution in [2.45, 2.75) is 46.6 Å². The zero-order valence-electron chi connectivity index (χ0n) is 14.6. The summed E-state index contributed by atoms with van der Waals surface area (Å²) in [5.74, 6) is 1.69. The Morgan fingerprint density at radius 3 is 2.75 bits per heavy atom. The highest BCUT2D eigenvalue weighted by atomic mass is 32.1. The highest BCUT2D eigenvalue weighted by Gasteiger charge is 2.15. The summed E-state index contributed by atoms with van der Waals surface area (Å²) in [6.45, 7) is 8.42. The summed E-state index contributed by atoms with van der Waals surface area (Å²) < 4.78 is 5.91. The Morgan fingerprint density at radius 1 is 1.21 bits per heavy atom. The normalized spacial score (nSPS) is 11.2. The van der Waals surface area contributed by atoms with E-state index in [1.54, 1.807) is 17.7 Å². The molecule has 0 aliphatic rings. The Labute approximate surface area is 146 Å². The predicted octanol–water partition coefficient (Wildman–Crippen LogP) is 5.48. The maximum atomic E-state index is 5.91. The maximum Gasteiger partial charge on any atom is 0.143 e. The van der Waals surface area contributed by atoms with E-state index in [0.29, 0.717) is 0 Å². The van der Waals surface area contributed by atoms with Gasteiger partial charge in [-0.3, -0.25) is 0 Å².